The highest BCUT2D eigenvalue weighted by Crippen LogP contribution is 2.41. The number of amides is 1. The molecule has 274 valence electrons. The minimum atomic E-state index is -0.611. The summed E-state index contributed by atoms with van der Waals surface area (Å²) in [5.74, 6) is 1.23. The quantitative estimate of drug-likeness (QED) is 0.120. The van der Waals surface area contributed by atoms with Gasteiger partial charge in [0.1, 0.15) is 5.69 Å². The molecule has 1 aliphatic rings. The molecule has 2 N–H and O–H groups in total. The lowest BCUT2D eigenvalue weighted by atomic mass is 9.97. The molecule has 3 atom stereocenters. The summed E-state index contributed by atoms with van der Waals surface area (Å²) < 4.78 is 19.8. The van der Waals surface area contributed by atoms with E-state index < -0.39 is 6.29 Å². The zero-order valence-corrected chi connectivity index (χ0v) is 30.9. The Morgan fingerprint density at radius 3 is 2.04 bits per heavy atom. The van der Waals surface area contributed by atoms with Crippen LogP contribution in [0.4, 0.5) is 0 Å². The molecule has 0 unspecified atom stereocenters. The summed E-state index contributed by atoms with van der Waals surface area (Å²) in [6.07, 6.45) is -0.372. The smallest absolute Gasteiger partial charge is 0.256 e. The number of nitrogens with one attached hydrogen (secondary N) is 1. The molecule has 1 saturated heterocycles. The molecule has 1 aliphatic heterocycles. The van der Waals surface area contributed by atoms with E-state index in [1.165, 1.54) is 11.8 Å². The fourth-order valence-corrected chi connectivity index (χ4v) is 7.61. The molecule has 0 aliphatic carbocycles. The number of thioether (sulfide) groups is 1. The Kier molecular flexibility index (Phi) is 11.3. The van der Waals surface area contributed by atoms with Crippen molar-refractivity contribution in [3.8, 4) is 33.7 Å². The first-order chi connectivity index (χ1) is 27.1. The number of nitrogens with zero attached hydrogens (tertiary/aromatic N) is 1. The van der Waals surface area contributed by atoms with Gasteiger partial charge < -0.3 is 24.3 Å². The fourth-order valence-electron chi connectivity index (χ4n) is 6.77. The van der Waals surface area contributed by atoms with Gasteiger partial charge in [-0.25, -0.2) is 4.98 Å². The monoisotopic (exact) mass is 744 g/mol. The average molecular weight is 745 g/mol. The van der Waals surface area contributed by atoms with Gasteiger partial charge in [0.2, 0.25) is 0 Å². The molecular formula is C47H40N2O5S. The van der Waals surface area contributed by atoms with E-state index in [0.717, 1.165) is 56.0 Å². The van der Waals surface area contributed by atoms with E-state index in [2.05, 4.69) is 23.5 Å². The zero-order valence-electron chi connectivity index (χ0n) is 30.1. The summed E-state index contributed by atoms with van der Waals surface area (Å²) >= 11 is 1.54. The molecule has 1 fully saturated rings. The van der Waals surface area contributed by atoms with Crippen LogP contribution in [0.25, 0.3) is 33.7 Å². The van der Waals surface area contributed by atoms with Gasteiger partial charge in [0, 0.05) is 41.0 Å². The van der Waals surface area contributed by atoms with Crippen LogP contribution in [0, 0.1) is 0 Å². The van der Waals surface area contributed by atoms with Crippen LogP contribution in [0.3, 0.4) is 0 Å². The van der Waals surface area contributed by atoms with Crippen LogP contribution in [-0.2, 0) is 22.6 Å². The maximum absolute atomic E-state index is 12.8. The van der Waals surface area contributed by atoms with Crippen LogP contribution in [0.15, 0.2) is 173 Å². The molecular weight excluding hydrogens is 705 g/mol. The number of benzene rings is 6. The number of rotatable bonds is 12. The van der Waals surface area contributed by atoms with Crippen LogP contribution < -0.4 is 5.32 Å². The molecule has 7 nitrogen and oxygen atoms in total. The van der Waals surface area contributed by atoms with E-state index in [9.17, 15) is 9.90 Å². The number of aliphatic hydroxyl groups excluding tert-OH is 1. The predicted octanol–water partition coefficient (Wildman–Crippen LogP) is 10.4. The lowest BCUT2D eigenvalue weighted by molar-refractivity contribution is -0.245. The zero-order chi connectivity index (χ0) is 37.4. The number of carbonyl (C=O) groups excluding carboxylic acids is 1. The summed E-state index contributed by atoms with van der Waals surface area (Å²) in [6.45, 7) is 0.387. The van der Waals surface area contributed by atoms with Crippen molar-refractivity contribution in [1.82, 2.24) is 10.3 Å². The Morgan fingerprint density at radius 1 is 0.691 bits per heavy atom. The Labute approximate surface area is 325 Å². The third-order valence-electron chi connectivity index (χ3n) is 9.68. The number of oxazole rings is 1. The maximum atomic E-state index is 12.8. The predicted molar refractivity (Wildman–Crippen MR) is 216 cm³/mol. The van der Waals surface area contributed by atoms with Crippen LogP contribution in [0.5, 0.6) is 0 Å². The fraction of sp³-hybridized carbons (Fsp3) is 0.149. The highest BCUT2D eigenvalue weighted by molar-refractivity contribution is 7.99. The van der Waals surface area contributed by atoms with Crippen molar-refractivity contribution in [2.75, 3.05) is 5.75 Å². The highest BCUT2D eigenvalue weighted by Gasteiger charge is 2.33. The van der Waals surface area contributed by atoms with Crippen molar-refractivity contribution >= 4 is 17.7 Å². The molecule has 2 heterocycles. The standard InChI is InChI=1S/C47H40N2O5S/c50-30-32-20-22-34(23-21-32)42-28-40(31-55-47-49-43(35-12-4-1-5-13-35)44(54-47)36-14-6-2-7-15-36)52-46(53-42)38-26-24-33(25-27-38)41-19-11-10-18-39(41)29-48-45(51)37-16-8-3-9-17-37/h1-27,40,42,46,50H,28-31H2,(H,48,51)/t40-,42+,46+/m0/s1. The second-order valence-corrected chi connectivity index (χ2v) is 14.3. The van der Waals surface area contributed by atoms with Crippen molar-refractivity contribution in [3.05, 3.63) is 192 Å². The minimum absolute atomic E-state index is 0.0161. The SMILES string of the molecule is O=C(NCc1ccccc1-c1ccc([C@@H]2O[C@H](CSc3nc(-c4ccccc4)c(-c4ccccc4)o3)C[C@H](c3ccc(CO)cc3)O2)cc1)c1ccccc1. The van der Waals surface area contributed by atoms with Gasteiger partial charge in [-0.1, -0.05) is 163 Å². The lowest BCUT2D eigenvalue weighted by Crippen LogP contribution is -2.31. The molecule has 7 aromatic rings. The molecule has 6 aromatic carbocycles. The summed E-state index contributed by atoms with van der Waals surface area (Å²) in [4.78, 5) is 17.7. The molecule has 1 amide bonds. The van der Waals surface area contributed by atoms with Crippen LogP contribution >= 0.6 is 11.8 Å². The van der Waals surface area contributed by atoms with Crippen molar-refractivity contribution in [3.63, 3.8) is 0 Å². The number of carbonyl (C=O) groups is 1. The lowest BCUT2D eigenvalue weighted by Gasteiger charge is -2.36. The summed E-state index contributed by atoms with van der Waals surface area (Å²) in [5, 5.41) is 13.3. The number of ether oxygens (including phenoxy) is 2. The van der Waals surface area contributed by atoms with Gasteiger partial charge in [-0.15, -0.1) is 0 Å². The van der Waals surface area contributed by atoms with Gasteiger partial charge in [0.25, 0.3) is 11.1 Å². The van der Waals surface area contributed by atoms with Gasteiger partial charge in [-0.3, -0.25) is 4.79 Å². The largest absolute Gasteiger partial charge is 0.431 e. The van der Waals surface area contributed by atoms with Gasteiger partial charge >= 0.3 is 0 Å². The molecule has 0 radical (unpaired) electrons. The van der Waals surface area contributed by atoms with Gasteiger partial charge in [-0.05, 0) is 39.9 Å². The first-order valence-electron chi connectivity index (χ1n) is 18.4. The Balaban J connectivity index is 1.02. The topological polar surface area (TPSA) is 93.8 Å². The van der Waals surface area contributed by atoms with Crippen molar-refractivity contribution < 1.29 is 23.8 Å². The van der Waals surface area contributed by atoms with E-state index in [4.69, 9.17) is 18.9 Å². The van der Waals surface area contributed by atoms with E-state index in [1.54, 1.807) is 0 Å². The number of aliphatic hydroxyl groups is 1. The molecule has 8 rings (SSSR count). The summed E-state index contributed by atoms with van der Waals surface area (Å²) in [7, 11) is 0. The maximum Gasteiger partial charge on any atom is 0.256 e. The van der Waals surface area contributed by atoms with Crippen molar-refractivity contribution in [2.45, 2.75) is 43.3 Å². The van der Waals surface area contributed by atoms with E-state index in [-0.39, 0.29) is 24.7 Å². The van der Waals surface area contributed by atoms with Gasteiger partial charge in [-0.2, -0.15) is 0 Å². The third kappa shape index (κ3) is 8.64. The first-order valence-corrected chi connectivity index (χ1v) is 19.4. The highest BCUT2D eigenvalue weighted by atomic mass is 32.2. The van der Waals surface area contributed by atoms with E-state index in [1.807, 2.05) is 146 Å². The summed E-state index contributed by atoms with van der Waals surface area (Å²) in [5.41, 5.74) is 9.27. The molecule has 0 saturated carbocycles. The Hall–Kier alpha value is -5.77. The normalized spacial score (nSPS) is 16.8. The van der Waals surface area contributed by atoms with Crippen LogP contribution in [0.2, 0.25) is 0 Å². The van der Waals surface area contributed by atoms with Gasteiger partial charge in [0.05, 0.1) is 18.8 Å². The van der Waals surface area contributed by atoms with Crippen molar-refractivity contribution in [2.24, 2.45) is 0 Å². The molecule has 8 heteroatoms. The average Bonchev–Trinajstić information content (AvgIpc) is 3.70. The first kappa shape index (κ1) is 36.2. The van der Waals surface area contributed by atoms with Crippen molar-refractivity contribution in [1.29, 1.82) is 0 Å². The van der Waals surface area contributed by atoms with E-state index >= 15 is 0 Å². The second kappa shape index (κ2) is 17.1. The number of hydrogen-bond acceptors (Lipinski definition) is 7. The second-order valence-electron chi connectivity index (χ2n) is 13.4. The van der Waals surface area contributed by atoms with Crippen LogP contribution in [-0.4, -0.2) is 27.9 Å². The number of hydrogen-bond donors (Lipinski definition) is 2. The number of aromatic nitrogens is 1. The minimum Gasteiger partial charge on any atom is -0.431 e. The molecule has 55 heavy (non-hydrogen) atoms. The molecule has 0 spiro atoms. The van der Waals surface area contributed by atoms with E-state index in [0.29, 0.717) is 29.5 Å². The Morgan fingerprint density at radius 2 is 1.33 bits per heavy atom. The third-order valence-corrected chi connectivity index (χ3v) is 10.6. The van der Waals surface area contributed by atoms with Gasteiger partial charge in [0.15, 0.2) is 12.1 Å². The molecule has 1 aromatic heterocycles. The van der Waals surface area contributed by atoms with Crippen LogP contribution in [0.1, 0.15) is 51.4 Å². The molecule has 0 bridgehead atoms. The summed E-state index contributed by atoms with van der Waals surface area (Å²) in [6, 6.07) is 53.7. The Bertz CT molecular complexity index is 2260.